The fraction of sp³-hybridized carbons (Fsp3) is 0.133. The van der Waals surface area contributed by atoms with E-state index >= 15 is 0 Å². The van der Waals surface area contributed by atoms with Crippen LogP contribution in [0.15, 0.2) is 47.4 Å². The van der Waals surface area contributed by atoms with Gasteiger partial charge in [0.25, 0.3) is 5.91 Å². The highest BCUT2D eigenvalue weighted by molar-refractivity contribution is 7.91. The number of nitrogens with one attached hydrogen (secondary N) is 1. The minimum atomic E-state index is -3.43. The number of halogens is 1. The molecule has 0 saturated heterocycles. The van der Waals surface area contributed by atoms with Gasteiger partial charge >= 0.3 is 0 Å². The summed E-state index contributed by atoms with van der Waals surface area (Å²) in [6, 6.07) is 10.0. The summed E-state index contributed by atoms with van der Waals surface area (Å²) in [6.07, 6.45) is 0. The van der Waals surface area contributed by atoms with Crippen LogP contribution in [0.3, 0.4) is 0 Å². The summed E-state index contributed by atoms with van der Waals surface area (Å²) in [6.45, 7) is 1.52. The second kappa shape index (κ2) is 6.37. The van der Waals surface area contributed by atoms with Gasteiger partial charge in [-0.25, -0.2) is 8.42 Å². The predicted octanol–water partition coefficient (Wildman–Crippen LogP) is 3.09. The lowest BCUT2D eigenvalue weighted by atomic mass is 10.2. The zero-order valence-corrected chi connectivity index (χ0v) is 13.3. The Morgan fingerprint density at radius 2 is 1.95 bits per heavy atom. The first-order chi connectivity index (χ1) is 10.3. The normalized spacial score (nSPS) is 11.2. The molecule has 2 aromatic carbocycles. The second-order valence-electron chi connectivity index (χ2n) is 4.55. The van der Waals surface area contributed by atoms with Crippen LogP contribution in [0.2, 0.25) is 5.02 Å². The molecule has 0 aliphatic heterocycles. The van der Waals surface area contributed by atoms with Crippen LogP contribution in [0.1, 0.15) is 17.3 Å². The maximum Gasteiger partial charge on any atom is 0.255 e. The Morgan fingerprint density at radius 3 is 2.59 bits per heavy atom. The molecule has 0 aromatic heterocycles. The van der Waals surface area contributed by atoms with Gasteiger partial charge in [0, 0.05) is 10.6 Å². The molecular formula is C15H14ClNO4S. The summed E-state index contributed by atoms with van der Waals surface area (Å²) in [5, 5.41) is 12.7. The number of hydrogen-bond donors (Lipinski definition) is 2. The number of carbonyl (C=O) groups excluding carboxylic acids is 1. The first-order valence-corrected chi connectivity index (χ1v) is 8.49. The van der Waals surface area contributed by atoms with Gasteiger partial charge in [-0.05, 0) is 36.4 Å². The average Bonchev–Trinajstić information content (AvgIpc) is 2.49. The maximum absolute atomic E-state index is 12.1. The molecule has 22 heavy (non-hydrogen) atoms. The maximum atomic E-state index is 12.1. The SMILES string of the molecule is CCS(=O)(=O)c1ccc(O)c(NC(=O)c2cccc(Cl)c2)c1. The zero-order chi connectivity index (χ0) is 16.3. The van der Waals surface area contributed by atoms with E-state index < -0.39 is 15.7 Å². The molecule has 0 radical (unpaired) electrons. The Kier molecular flexibility index (Phi) is 4.73. The Bertz CT molecular complexity index is 818. The molecule has 1 amide bonds. The number of benzene rings is 2. The van der Waals surface area contributed by atoms with Crippen LogP contribution in [0.4, 0.5) is 5.69 Å². The van der Waals surface area contributed by atoms with E-state index in [2.05, 4.69) is 5.32 Å². The smallest absolute Gasteiger partial charge is 0.255 e. The molecule has 0 fully saturated rings. The van der Waals surface area contributed by atoms with Crippen LogP contribution in [0, 0.1) is 0 Å². The lowest BCUT2D eigenvalue weighted by Gasteiger charge is -2.10. The number of phenolic OH excluding ortho intramolecular Hbond substituents is 1. The molecule has 0 bridgehead atoms. The van der Waals surface area contributed by atoms with Crippen molar-refractivity contribution in [1.82, 2.24) is 0 Å². The van der Waals surface area contributed by atoms with Crippen molar-refractivity contribution in [3.63, 3.8) is 0 Å². The number of aromatic hydroxyl groups is 1. The Hall–Kier alpha value is -2.05. The monoisotopic (exact) mass is 339 g/mol. The molecule has 0 spiro atoms. The standard InChI is InChI=1S/C15H14ClNO4S/c1-2-22(20,21)12-6-7-14(18)13(9-12)17-15(19)10-4-3-5-11(16)8-10/h3-9,18H,2H2,1H3,(H,17,19). The molecule has 2 rings (SSSR count). The van der Waals surface area contributed by atoms with Crippen molar-refractivity contribution in [3.8, 4) is 5.75 Å². The van der Waals surface area contributed by atoms with Gasteiger partial charge in [0.15, 0.2) is 9.84 Å². The van der Waals surface area contributed by atoms with Crippen molar-refractivity contribution in [3.05, 3.63) is 53.1 Å². The molecule has 0 unspecified atom stereocenters. The van der Waals surface area contributed by atoms with Crippen LogP contribution in [-0.2, 0) is 9.84 Å². The van der Waals surface area contributed by atoms with Crippen molar-refractivity contribution in [2.24, 2.45) is 0 Å². The van der Waals surface area contributed by atoms with Gasteiger partial charge in [-0.1, -0.05) is 24.6 Å². The third kappa shape index (κ3) is 3.58. The van der Waals surface area contributed by atoms with E-state index in [0.29, 0.717) is 10.6 Å². The van der Waals surface area contributed by atoms with Crippen molar-refractivity contribution in [1.29, 1.82) is 0 Å². The first kappa shape index (κ1) is 16.3. The van der Waals surface area contributed by atoms with E-state index in [9.17, 15) is 18.3 Å². The van der Waals surface area contributed by atoms with Gasteiger partial charge in [-0.2, -0.15) is 0 Å². The molecule has 2 N–H and O–H groups in total. The molecule has 0 heterocycles. The van der Waals surface area contributed by atoms with E-state index in [4.69, 9.17) is 11.6 Å². The minimum Gasteiger partial charge on any atom is -0.506 e. The van der Waals surface area contributed by atoms with Crippen molar-refractivity contribution < 1.29 is 18.3 Å². The first-order valence-electron chi connectivity index (χ1n) is 6.46. The number of carbonyl (C=O) groups is 1. The molecule has 116 valence electrons. The number of amides is 1. The van der Waals surface area contributed by atoms with Crippen LogP contribution >= 0.6 is 11.6 Å². The zero-order valence-electron chi connectivity index (χ0n) is 11.7. The number of rotatable bonds is 4. The highest BCUT2D eigenvalue weighted by atomic mass is 35.5. The summed E-state index contributed by atoms with van der Waals surface area (Å²) in [5.74, 6) is -0.784. The van der Waals surface area contributed by atoms with Gasteiger partial charge < -0.3 is 10.4 Å². The van der Waals surface area contributed by atoms with Crippen molar-refractivity contribution >= 4 is 33.0 Å². The molecule has 0 atom stereocenters. The van der Waals surface area contributed by atoms with Gasteiger partial charge in [0.2, 0.25) is 0 Å². The Labute approximate surface area is 133 Å². The Balaban J connectivity index is 2.33. The summed E-state index contributed by atoms with van der Waals surface area (Å²) in [7, 11) is -3.43. The second-order valence-corrected chi connectivity index (χ2v) is 7.26. The number of phenols is 1. The van der Waals surface area contributed by atoms with Crippen molar-refractivity contribution in [2.75, 3.05) is 11.1 Å². The fourth-order valence-electron chi connectivity index (χ4n) is 1.80. The van der Waals surface area contributed by atoms with Crippen molar-refractivity contribution in [2.45, 2.75) is 11.8 Å². The third-order valence-corrected chi connectivity index (χ3v) is 5.01. The average molecular weight is 340 g/mol. The van der Waals surface area contributed by atoms with Crippen LogP contribution in [-0.4, -0.2) is 25.2 Å². The van der Waals surface area contributed by atoms with Crippen LogP contribution in [0.25, 0.3) is 0 Å². The van der Waals surface area contributed by atoms with E-state index in [0.717, 1.165) is 0 Å². The largest absolute Gasteiger partial charge is 0.506 e. The highest BCUT2D eigenvalue weighted by Gasteiger charge is 2.16. The summed E-state index contributed by atoms with van der Waals surface area (Å²) in [4.78, 5) is 12.2. The predicted molar refractivity (Wildman–Crippen MR) is 85.2 cm³/mol. The van der Waals surface area contributed by atoms with Crippen LogP contribution in [0.5, 0.6) is 5.75 Å². The molecular weight excluding hydrogens is 326 g/mol. The van der Waals surface area contributed by atoms with E-state index in [-0.39, 0.29) is 22.1 Å². The molecule has 0 saturated carbocycles. The quantitative estimate of drug-likeness (QED) is 0.838. The number of anilines is 1. The lowest BCUT2D eigenvalue weighted by Crippen LogP contribution is -2.13. The van der Waals surface area contributed by atoms with Gasteiger partial charge in [0.1, 0.15) is 5.75 Å². The molecule has 7 heteroatoms. The molecule has 0 aliphatic rings. The molecule has 5 nitrogen and oxygen atoms in total. The molecule has 0 aliphatic carbocycles. The van der Waals surface area contributed by atoms with Crippen LogP contribution < -0.4 is 5.32 Å². The summed E-state index contributed by atoms with van der Waals surface area (Å²) < 4.78 is 23.7. The van der Waals surface area contributed by atoms with E-state index in [1.165, 1.54) is 31.2 Å². The topological polar surface area (TPSA) is 83.5 Å². The van der Waals surface area contributed by atoms with Gasteiger partial charge in [-0.3, -0.25) is 4.79 Å². The minimum absolute atomic E-state index is 0.0273. The summed E-state index contributed by atoms with van der Waals surface area (Å²) in [5.41, 5.74) is 0.329. The van der Waals surface area contributed by atoms with E-state index in [1.54, 1.807) is 18.2 Å². The Morgan fingerprint density at radius 1 is 1.23 bits per heavy atom. The molecule has 2 aromatic rings. The lowest BCUT2D eigenvalue weighted by molar-refractivity contribution is 0.102. The fourth-order valence-corrected chi connectivity index (χ4v) is 2.90. The summed E-state index contributed by atoms with van der Waals surface area (Å²) >= 11 is 5.82. The highest BCUT2D eigenvalue weighted by Crippen LogP contribution is 2.27. The number of hydrogen-bond acceptors (Lipinski definition) is 4. The number of sulfone groups is 1. The van der Waals surface area contributed by atoms with Gasteiger partial charge in [0.05, 0.1) is 16.3 Å². The third-order valence-electron chi connectivity index (χ3n) is 3.04. The van der Waals surface area contributed by atoms with Gasteiger partial charge in [-0.15, -0.1) is 0 Å². The van der Waals surface area contributed by atoms with E-state index in [1.807, 2.05) is 0 Å².